The number of nitrogens with zero attached hydrogens (tertiary/aromatic N) is 8. The van der Waals surface area contributed by atoms with Gasteiger partial charge in [-0.1, -0.05) is 62.0 Å². The highest BCUT2D eigenvalue weighted by Crippen LogP contribution is 2.49. The molecule has 16 nitrogen and oxygen atoms in total. The summed E-state index contributed by atoms with van der Waals surface area (Å²) in [6.45, 7) is 10.4. The number of amides is 4. The predicted octanol–water partition coefficient (Wildman–Crippen LogP) is 8.14. The highest BCUT2D eigenvalue weighted by molar-refractivity contribution is 7.98. The minimum Gasteiger partial charge on any atom is -0.454 e. The van der Waals surface area contributed by atoms with Crippen molar-refractivity contribution < 1.29 is 38.1 Å². The molecule has 2 aliphatic heterocycles. The molecule has 59 heavy (non-hydrogen) atoms. The fraction of sp³-hybridized carbons (Fsp3) is 0.610. The van der Waals surface area contributed by atoms with E-state index in [1.807, 2.05) is 21.6 Å². The van der Waals surface area contributed by atoms with Gasteiger partial charge in [-0.3, -0.25) is 9.59 Å². The van der Waals surface area contributed by atoms with Crippen molar-refractivity contribution in [3.05, 3.63) is 23.8 Å². The van der Waals surface area contributed by atoms with Gasteiger partial charge in [0, 0.05) is 12.4 Å². The minimum atomic E-state index is -0.834. The number of aromatic nitrogens is 6. The number of thioether (sulfide) groups is 2. The molecule has 316 valence electrons. The number of hydrogen-bond donors (Lipinski definition) is 0. The Balaban J connectivity index is 1.25. The number of carbonyl (C=O) groups is 4. The van der Waals surface area contributed by atoms with Crippen LogP contribution in [0, 0.1) is 0 Å². The van der Waals surface area contributed by atoms with E-state index >= 15 is 0 Å². The Bertz CT molecular complexity index is 2190. The molecule has 4 aromatic rings. The average molecular weight is 849 g/mol. The lowest BCUT2D eigenvalue weighted by Gasteiger charge is -2.46. The van der Waals surface area contributed by atoms with Crippen LogP contribution in [0.25, 0.3) is 22.1 Å². The second-order valence-corrected chi connectivity index (χ2v) is 19.5. The molecule has 0 bridgehead atoms. The molecule has 0 atom stereocenters. The maximum atomic E-state index is 14.7. The van der Waals surface area contributed by atoms with Gasteiger partial charge in [-0.15, -0.1) is 0 Å². The van der Waals surface area contributed by atoms with Crippen LogP contribution in [0.3, 0.4) is 0 Å². The van der Waals surface area contributed by atoms with Crippen molar-refractivity contribution in [3.8, 4) is 11.5 Å². The minimum absolute atomic E-state index is 0.130. The van der Waals surface area contributed by atoms with Gasteiger partial charge in [0.25, 0.3) is 11.8 Å². The lowest BCUT2D eigenvalue weighted by atomic mass is 9.79. The van der Waals surface area contributed by atoms with Crippen LogP contribution in [-0.4, -0.2) is 106 Å². The molecule has 2 saturated carbocycles. The molecule has 0 radical (unpaired) electrons. The van der Waals surface area contributed by atoms with Crippen molar-refractivity contribution >= 4 is 69.6 Å². The van der Waals surface area contributed by atoms with E-state index in [0.717, 1.165) is 38.5 Å². The van der Waals surface area contributed by atoms with E-state index < -0.39 is 53.1 Å². The Morgan fingerprint density at radius 1 is 0.644 bits per heavy atom. The molecule has 2 spiro atoms. The average Bonchev–Trinajstić information content (AvgIpc) is 3.70. The molecular formula is C41H52N8O8S2. The van der Waals surface area contributed by atoms with Gasteiger partial charge in [0.15, 0.2) is 33.2 Å². The lowest BCUT2D eigenvalue weighted by Crippen LogP contribution is -2.57. The monoisotopic (exact) mass is 848 g/mol. The zero-order valence-corrected chi connectivity index (χ0v) is 36.6. The van der Waals surface area contributed by atoms with E-state index in [1.165, 1.54) is 33.3 Å². The summed E-state index contributed by atoms with van der Waals surface area (Å²) in [5, 5.41) is 2.01. The molecule has 18 heteroatoms. The quantitative estimate of drug-likeness (QED) is 0.103. The standard InChI is InChI=1S/C41H52N8O8S2/c1-38(2,3)56-36(52)46-21-40(15-11-9-12-16-40)48-26(32(46)50)28(24-19-42-34(58-7)44-30(24)48)54-23-55-29-25-20-43-35(59-8)45-31(25)49-27(29)33(51)47(37(53)57-39(4,5)6)22-41(49)17-13-10-14-18-41/h19-20H,9-18,21-23H2,1-8H3. The molecule has 4 aromatic heterocycles. The van der Waals surface area contributed by atoms with Crippen LogP contribution in [0.5, 0.6) is 11.5 Å². The number of imide groups is 2. The highest BCUT2D eigenvalue weighted by Gasteiger charge is 2.52. The third kappa shape index (κ3) is 7.27. The van der Waals surface area contributed by atoms with E-state index in [4.69, 9.17) is 28.9 Å². The lowest BCUT2D eigenvalue weighted by molar-refractivity contribution is 0.00611. The summed E-state index contributed by atoms with van der Waals surface area (Å²) in [7, 11) is 0. The third-order valence-electron chi connectivity index (χ3n) is 11.6. The zero-order chi connectivity index (χ0) is 42.1. The topological polar surface area (TPSA) is 173 Å². The van der Waals surface area contributed by atoms with Crippen molar-refractivity contribution in [3.63, 3.8) is 0 Å². The van der Waals surface area contributed by atoms with E-state index in [2.05, 4.69) is 9.97 Å². The molecule has 8 rings (SSSR count). The fourth-order valence-corrected chi connectivity index (χ4v) is 9.90. The molecule has 2 aliphatic carbocycles. The van der Waals surface area contributed by atoms with Crippen molar-refractivity contribution in [1.82, 2.24) is 38.9 Å². The summed E-state index contributed by atoms with van der Waals surface area (Å²) in [6, 6.07) is 0. The first kappa shape index (κ1) is 41.2. The molecule has 0 aromatic carbocycles. The third-order valence-corrected chi connectivity index (χ3v) is 12.7. The number of ether oxygens (including phenoxy) is 4. The summed E-state index contributed by atoms with van der Waals surface area (Å²) in [6.07, 6.45) is 14.1. The first-order valence-corrected chi connectivity index (χ1v) is 22.7. The smallest absolute Gasteiger partial charge is 0.417 e. The van der Waals surface area contributed by atoms with E-state index in [1.54, 1.807) is 53.9 Å². The van der Waals surface area contributed by atoms with Crippen LogP contribution in [0.1, 0.15) is 127 Å². The van der Waals surface area contributed by atoms with Gasteiger partial charge < -0.3 is 28.1 Å². The second-order valence-electron chi connectivity index (χ2n) is 17.9. The Hall–Kier alpha value is -4.58. The summed E-state index contributed by atoms with van der Waals surface area (Å²) < 4.78 is 28.5. The van der Waals surface area contributed by atoms with Crippen LogP contribution >= 0.6 is 23.5 Å². The molecule has 0 unspecified atom stereocenters. The number of rotatable bonds is 6. The fourth-order valence-electron chi connectivity index (χ4n) is 9.23. The Labute approximate surface area is 351 Å². The molecule has 0 N–H and O–H groups in total. The van der Waals surface area contributed by atoms with Crippen molar-refractivity contribution in [2.24, 2.45) is 0 Å². The Morgan fingerprint density at radius 2 is 1.02 bits per heavy atom. The molecule has 2 fully saturated rings. The van der Waals surface area contributed by atoms with Crippen LogP contribution in [0.2, 0.25) is 0 Å². The summed E-state index contributed by atoms with van der Waals surface area (Å²) in [4.78, 5) is 78.2. The molecule has 4 amide bonds. The van der Waals surface area contributed by atoms with Gasteiger partial charge in [0.05, 0.1) is 34.9 Å². The molecule has 4 aliphatic rings. The van der Waals surface area contributed by atoms with Crippen LogP contribution < -0.4 is 9.47 Å². The van der Waals surface area contributed by atoms with Crippen molar-refractivity contribution in [1.29, 1.82) is 0 Å². The van der Waals surface area contributed by atoms with Crippen molar-refractivity contribution in [2.75, 3.05) is 32.4 Å². The first-order valence-electron chi connectivity index (χ1n) is 20.3. The highest BCUT2D eigenvalue weighted by atomic mass is 32.2. The normalized spacial score (nSPS) is 19.0. The van der Waals surface area contributed by atoms with Crippen LogP contribution in [0.15, 0.2) is 22.7 Å². The van der Waals surface area contributed by atoms with Crippen molar-refractivity contribution in [2.45, 2.75) is 138 Å². The zero-order valence-electron chi connectivity index (χ0n) is 35.0. The van der Waals surface area contributed by atoms with E-state index in [0.29, 0.717) is 58.1 Å². The van der Waals surface area contributed by atoms with Crippen LogP contribution in [-0.2, 0) is 20.6 Å². The SMILES string of the molecule is CSc1ncc2c(OCOc3c4n(c5nc(SC)ncc35)C3(CCCCC3)CN(C(=O)OC(C)(C)C)C4=O)c3n(c2n1)C1(CCCCC1)CN(C(=O)OC(C)(C)C)C3=O. The molecule has 6 heterocycles. The van der Waals surface area contributed by atoms with Gasteiger partial charge in [-0.05, 0) is 79.7 Å². The number of hydrogen-bond acceptors (Lipinski definition) is 14. The second kappa shape index (κ2) is 15.2. The molecule has 0 saturated heterocycles. The van der Waals surface area contributed by atoms with Gasteiger partial charge >= 0.3 is 12.2 Å². The van der Waals surface area contributed by atoms with Gasteiger partial charge in [0.1, 0.15) is 22.5 Å². The summed E-state index contributed by atoms with van der Waals surface area (Å²) in [5.74, 6) is -0.859. The maximum absolute atomic E-state index is 14.7. The molecular weight excluding hydrogens is 797 g/mol. The maximum Gasteiger partial charge on any atom is 0.417 e. The largest absolute Gasteiger partial charge is 0.454 e. The Morgan fingerprint density at radius 3 is 1.36 bits per heavy atom. The first-order chi connectivity index (χ1) is 28.0. The summed E-state index contributed by atoms with van der Waals surface area (Å²) >= 11 is 2.77. The predicted molar refractivity (Wildman–Crippen MR) is 221 cm³/mol. The van der Waals surface area contributed by atoms with Gasteiger partial charge in [-0.25, -0.2) is 39.3 Å². The van der Waals surface area contributed by atoms with Gasteiger partial charge in [-0.2, -0.15) is 0 Å². The van der Waals surface area contributed by atoms with E-state index in [9.17, 15) is 19.2 Å². The summed E-state index contributed by atoms with van der Waals surface area (Å²) in [5.41, 5.74) is -1.61. The Kier molecular flexibility index (Phi) is 10.6. The van der Waals surface area contributed by atoms with E-state index in [-0.39, 0.29) is 36.0 Å². The van der Waals surface area contributed by atoms with Crippen LogP contribution in [0.4, 0.5) is 9.59 Å². The van der Waals surface area contributed by atoms with Gasteiger partial charge in [0.2, 0.25) is 6.79 Å². The number of carbonyl (C=O) groups excluding carboxylic acids is 4. The number of fused-ring (bicyclic) bond motifs is 8.